The summed E-state index contributed by atoms with van der Waals surface area (Å²) in [5.41, 5.74) is 0.701. The van der Waals surface area contributed by atoms with Crippen LogP contribution in [0.3, 0.4) is 0 Å². The molecule has 132 valence electrons. The number of hydrogen-bond donors (Lipinski definition) is 1. The molecular formula is C13H22N2O6S2. The summed E-state index contributed by atoms with van der Waals surface area (Å²) in [6, 6.07) is 5.09. The molecule has 1 aromatic rings. The van der Waals surface area contributed by atoms with E-state index in [2.05, 4.69) is 4.72 Å². The Labute approximate surface area is 137 Å². The van der Waals surface area contributed by atoms with Gasteiger partial charge < -0.3 is 9.47 Å². The van der Waals surface area contributed by atoms with Crippen LogP contribution in [0.2, 0.25) is 0 Å². The molecule has 0 fully saturated rings. The maximum absolute atomic E-state index is 11.9. The number of nitrogens with zero attached hydrogens (tertiary/aromatic N) is 1. The molecule has 0 unspecified atom stereocenters. The van der Waals surface area contributed by atoms with Crippen LogP contribution in [0.15, 0.2) is 18.2 Å². The first kappa shape index (κ1) is 19.7. The fraction of sp³-hybridized carbons (Fsp3) is 0.538. The fourth-order valence-corrected chi connectivity index (χ4v) is 3.17. The lowest BCUT2D eigenvalue weighted by atomic mass is 10.2. The molecule has 1 aromatic carbocycles. The number of sulfonamides is 2. The highest BCUT2D eigenvalue weighted by Gasteiger charge is 2.18. The average Bonchev–Trinajstić information content (AvgIpc) is 2.43. The molecule has 1 N–H and O–H groups in total. The van der Waals surface area contributed by atoms with E-state index in [0.717, 1.165) is 12.5 Å². The largest absolute Gasteiger partial charge is 0.493 e. The third kappa shape index (κ3) is 6.73. The molecule has 0 saturated heterocycles. The number of methoxy groups -OCH3 is 2. The van der Waals surface area contributed by atoms with E-state index in [1.54, 1.807) is 18.2 Å². The van der Waals surface area contributed by atoms with E-state index in [-0.39, 0.29) is 19.6 Å². The first-order valence-electron chi connectivity index (χ1n) is 6.67. The van der Waals surface area contributed by atoms with Crippen molar-refractivity contribution in [3.05, 3.63) is 23.8 Å². The molecular weight excluding hydrogens is 344 g/mol. The number of nitrogens with one attached hydrogen (secondary N) is 1. The lowest BCUT2D eigenvalue weighted by molar-refractivity contribution is 0.353. The van der Waals surface area contributed by atoms with Crippen LogP contribution in [0.5, 0.6) is 11.5 Å². The molecule has 8 nitrogen and oxygen atoms in total. The van der Waals surface area contributed by atoms with Gasteiger partial charge in [-0.05, 0) is 17.7 Å². The molecule has 0 aliphatic heterocycles. The second-order valence-electron chi connectivity index (χ2n) is 4.95. The van der Waals surface area contributed by atoms with Crippen LogP contribution in [0.1, 0.15) is 5.56 Å². The average molecular weight is 366 g/mol. The summed E-state index contributed by atoms with van der Waals surface area (Å²) in [5, 5.41) is 0. The molecule has 0 aliphatic carbocycles. The van der Waals surface area contributed by atoms with Gasteiger partial charge in [-0.15, -0.1) is 0 Å². The lowest BCUT2D eigenvalue weighted by Gasteiger charge is -2.20. The van der Waals surface area contributed by atoms with E-state index in [1.165, 1.54) is 18.5 Å². The second kappa shape index (κ2) is 7.95. The molecule has 0 bridgehead atoms. The topological polar surface area (TPSA) is 102 Å². The van der Waals surface area contributed by atoms with Crippen LogP contribution in [-0.2, 0) is 26.6 Å². The third-order valence-corrected chi connectivity index (χ3v) is 4.98. The van der Waals surface area contributed by atoms with E-state index in [0.29, 0.717) is 17.1 Å². The third-order valence-electron chi connectivity index (χ3n) is 3.00. The Morgan fingerprint density at radius 1 is 1.04 bits per heavy atom. The molecule has 0 saturated carbocycles. The van der Waals surface area contributed by atoms with Crippen LogP contribution < -0.4 is 14.2 Å². The molecule has 0 radical (unpaired) electrons. The Hall–Kier alpha value is -1.36. The van der Waals surface area contributed by atoms with Crippen molar-refractivity contribution < 1.29 is 26.3 Å². The summed E-state index contributed by atoms with van der Waals surface area (Å²) in [6.07, 6.45) is 2.10. The van der Waals surface area contributed by atoms with Gasteiger partial charge >= 0.3 is 0 Å². The van der Waals surface area contributed by atoms with Crippen molar-refractivity contribution in [1.29, 1.82) is 0 Å². The van der Waals surface area contributed by atoms with Crippen molar-refractivity contribution in [2.24, 2.45) is 0 Å². The van der Waals surface area contributed by atoms with Gasteiger partial charge in [0.05, 0.1) is 26.7 Å². The summed E-state index contributed by atoms with van der Waals surface area (Å²) in [4.78, 5) is 0. The van der Waals surface area contributed by atoms with Crippen LogP contribution in [-0.4, -0.2) is 61.0 Å². The fourth-order valence-electron chi connectivity index (χ4n) is 1.90. The minimum atomic E-state index is -3.49. The molecule has 10 heteroatoms. The molecule has 0 spiro atoms. The second-order valence-corrected chi connectivity index (χ2v) is 8.77. The van der Waals surface area contributed by atoms with Gasteiger partial charge in [-0.25, -0.2) is 21.6 Å². The monoisotopic (exact) mass is 366 g/mol. The van der Waals surface area contributed by atoms with Crippen molar-refractivity contribution >= 4 is 20.0 Å². The van der Waals surface area contributed by atoms with Gasteiger partial charge in [0, 0.05) is 19.6 Å². The zero-order valence-electron chi connectivity index (χ0n) is 13.6. The minimum absolute atomic E-state index is 0.000801. The highest BCUT2D eigenvalue weighted by Crippen LogP contribution is 2.28. The van der Waals surface area contributed by atoms with E-state index in [4.69, 9.17) is 9.47 Å². The number of benzene rings is 1. The maximum atomic E-state index is 11.9. The van der Waals surface area contributed by atoms with Crippen molar-refractivity contribution in [1.82, 2.24) is 9.03 Å². The summed E-state index contributed by atoms with van der Waals surface area (Å²) in [7, 11) is -3.85. The quantitative estimate of drug-likeness (QED) is 0.661. The smallest absolute Gasteiger partial charge is 0.211 e. The lowest BCUT2D eigenvalue weighted by Crippen LogP contribution is -2.37. The number of ether oxygens (including phenoxy) is 2. The standard InChI is InChI=1S/C13H22N2O6S2/c1-20-12-6-5-11(9-13(12)21-2)10-15(23(4,18)19)8-7-14-22(3,16)17/h5-6,9,14H,7-8,10H2,1-4H3. The summed E-state index contributed by atoms with van der Waals surface area (Å²) < 4.78 is 59.6. The van der Waals surface area contributed by atoms with Gasteiger partial charge in [0.1, 0.15) is 0 Å². The van der Waals surface area contributed by atoms with E-state index in [9.17, 15) is 16.8 Å². The summed E-state index contributed by atoms with van der Waals surface area (Å²) >= 11 is 0. The Bertz CT molecular complexity index is 731. The van der Waals surface area contributed by atoms with Crippen LogP contribution in [0.25, 0.3) is 0 Å². The Balaban J connectivity index is 2.90. The Morgan fingerprint density at radius 3 is 2.13 bits per heavy atom. The van der Waals surface area contributed by atoms with E-state index in [1.807, 2.05) is 0 Å². The molecule has 0 atom stereocenters. The predicted octanol–water partition coefficient (Wildman–Crippen LogP) is 0.0146. The summed E-state index contributed by atoms with van der Waals surface area (Å²) in [5.74, 6) is 1.04. The highest BCUT2D eigenvalue weighted by atomic mass is 32.2. The van der Waals surface area contributed by atoms with Crippen molar-refractivity contribution in [3.8, 4) is 11.5 Å². The number of hydrogen-bond acceptors (Lipinski definition) is 6. The van der Waals surface area contributed by atoms with Gasteiger partial charge in [-0.1, -0.05) is 6.07 Å². The van der Waals surface area contributed by atoms with Gasteiger partial charge in [0.25, 0.3) is 0 Å². The first-order chi connectivity index (χ1) is 10.6. The van der Waals surface area contributed by atoms with Crippen molar-refractivity contribution in [2.45, 2.75) is 6.54 Å². The first-order valence-corrected chi connectivity index (χ1v) is 10.4. The Morgan fingerprint density at radius 2 is 1.65 bits per heavy atom. The normalized spacial score (nSPS) is 12.4. The van der Waals surface area contributed by atoms with Crippen LogP contribution in [0.4, 0.5) is 0 Å². The molecule has 0 aliphatic rings. The molecule has 1 rings (SSSR count). The zero-order chi connectivity index (χ0) is 17.7. The molecule has 0 heterocycles. The van der Waals surface area contributed by atoms with Crippen molar-refractivity contribution in [2.75, 3.05) is 39.8 Å². The maximum Gasteiger partial charge on any atom is 0.211 e. The zero-order valence-corrected chi connectivity index (χ0v) is 15.2. The molecule has 0 aromatic heterocycles. The van der Waals surface area contributed by atoms with Crippen LogP contribution >= 0.6 is 0 Å². The van der Waals surface area contributed by atoms with E-state index < -0.39 is 20.0 Å². The van der Waals surface area contributed by atoms with Gasteiger partial charge in [0.2, 0.25) is 20.0 Å². The van der Waals surface area contributed by atoms with Crippen molar-refractivity contribution in [3.63, 3.8) is 0 Å². The van der Waals surface area contributed by atoms with E-state index >= 15 is 0 Å². The molecule has 23 heavy (non-hydrogen) atoms. The number of rotatable bonds is 9. The predicted molar refractivity (Wildman–Crippen MR) is 87.6 cm³/mol. The minimum Gasteiger partial charge on any atom is -0.493 e. The highest BCUT2D eigenvalue weighted by molar-refractivity contribution is 7.88. The van der Waals surface area contributed by atoms with Crippen LogP contribution in [0, 0.1) is 0 Å². The Kier molecular flexibility index (Phi) is 6.81. The SMILES string of the molecule is COc1ccc(CN(CCNS(C)(=O)=O)S(C)(=O)=O)cc1OC. The summed E-state index contributed by atoms with van der Waals surface area (Å²) in [6.45, 7) is 0.129. The van der Waals surface area contributed by atoms with Gasteiger partial charge in [-0.3, -0.25) is 0 Å². The van der Waals surface area contributed by atoms with Gasteiger partial charge in [0.15, 0.2) is 11.5 Å². The molecule has 0 amide bonds. The van der Waals surface area contributed by atoms with Gasteiger partial charge in [-0.2, -0.15) is 4.31 Å².